The Labute approximate surface area is 87.0 Å². The van der Waals surface area contributed by atoms with Crippen LogP contribution in [0.4, 0.5) is 0 Å². The van der Waals surface area contributed by atoms with Crippen molar-refractivity contribution in [1.82, 2.24) is 10.6 Å². The van der Waals surface area contributed by atoms with E-state index in [1.807, 2.05) is 6.92 Å². The van der Waals surface area contributed by atoms with Gasteiger partial charge in [-0.3, -0.25) is 4.79 Å². The van der Waals surface area contributed by atoms with E-state index in [0.29, 0.717) is 12.6 Å². The number of nitrogens with one attached hydrogen (secondary N) is 2. The van der Waals surface area contributed by atoms with E-state index >= 15 is 0 Å². The van der Waals surface area contributed by atoms with Crippen molar-refractivity contribution in [3.63, 3.8) is 0 Å². The molecule has 14 heavy (non-hydrogen) atoms. The van der Waals surface area contributed by atoms with Crippen LogP contribution in [0, 0.1) is 0 Å². The third-order valence-electron chi connectivity index (χ3n) is 2.29. The second kappa shape index (κ2) is 7.56. The van der Waals surface area contributed by atoms with Gasteiger partial charge in [0.15, 0.2) is 0 Å². The minimum absolute atomic E-state index is 0.0700. The summed E-state index contributed by atoms with van der Waals surface area (Å²) in [6, 6.07) is 0.157. The zero-order chi connectivity index (χ0) is 11.0. The van der Waals surface area contributed by atoms with E-state index in [1.54, 1.807) is 6.08 Å². The molecule has 0 rings (SSSR count). The van der Waals surface area contributed by atoms with Gasteiger partial charge in [-0.1, -0.05) is 19.9 Å². The van der Waals surface area contributed by atoms with Crippen LogP contribution in [0.2, 0.25) is 0 Å². The van der Waals surface area contributed by atoms with Crippen LogP contribution in [-0.2, 0) is 4.79 Å². The fraction of sp³-hybridized carbons (Fsp3) is 0.727. The van der Waals surface area contributed by atoms with Crippen LogP contribution >= 0.6 is 0 Å². The number of carbonyl (C=O) groups is 1. The summed E-state index contributed by atoms with van der Waals surface area (Å²) in [6.45, 7) is 10.3. The van der Waals surface area contributed by atoms with Crippen molar-refractivity contribution in [2.45, 2.75) is 45.7 Å². The van der Waals surface area contributed by atoms with Gasteiger partial charge in [-0.25, -0.2) is 0 Å². The van der Waals surface area contributed by atoms with E-state index in [-0.39, 0.29) is 11.9 Å². The smallest absolute Gasteiger partial charge is 0.237 e. The van der Waals surface area contributed by atoms with Gasteiger partial charge in [0.25, 0.3) is 0 Å². The molecule has 0 bridgehead atoms. The normalized spacial score (nSPS) is 12.6. The van der Waals surface area contributed by atoms with E-state index in [0.717, 1.165) is 12.8 Å². The molecule has 1 amide bonds. The number of hydrogen-bond donors (Lipinski definition) is 2. The molecule has 0 spiro atoms. The first-order valence-electron chi connectivity index (χ1n) is 5.30. The predicted molar refractivity (Wildman–Crippen MR) is 60.2 cm³/mol. The molecule has 0 saturated carbocycles. The lowest BCUT2D eigenvalue weighted by atomic mass is 10.1. The zero-order valence-electron chi connectivity index (χ0n) is 9.47. The summed E-state index contributed by atoms with van der Waals surface area (Å²) >= 11 is 0. The first kappa shape index (κ1) is 13.2. The van der Waals surface area contributed by atoms with Crippen LogP contribution in [0.3, 0.4) is 0 Å². The molecule has 3 heteroatoms. The average Bonchev–Trinajstić information content (AvgIpc) is 2.21. The van der Waals surface area contributed by atoms with Gasteiger partial charge in [-0.05, 0) is 19.8 Å². The van der Waals surface area contributed by atoms with Crippen LogP contribution in [0.1, 0.15) is 33.6 Å². The average molecular weight is 198 g/mol. The van der Waals surface area contributed by atoms with E-state index in [4.69, 9.17) is 0 Å². The van der Waals surface area contributed by atoms with Gasteiger partial charge in [0.05, 0.1) is 6.04 Å². The summed E-state index contributed by atoms with van der Waals surface area (Å²) in [5, 5.41) is 6.04. The fourth-order valence-corrected chi connectivity index (χ4v) is 1.17. The van der Waals surface area contributed by atoms with E-state index < -0.39 is 0 Å². The maximum atomic E-state index is 11.6. The monoisotopic (exact) mass is 198 g/mol. The van der Waals surface area contributed by atoms with Crippen LogP contribution in [0.25, 0.3) is 0 Å². The van der Waals surface area contributed by atoms with Crippen molar-refractivity contribution in [2.75, 3.05) is 6.54 Å². The molecule has 0 aliphatic carbocycles. The highest BCUT2D eigenvalue weighted by molar-refractivity contribution is 5.81. The topological polar surface area (TPSA) is 41.1 Å². The quantitative estimate of drug-likeness (QED) is 0.608. The Bertz CT molecular complexity index is 176. The van der Waals surface area contributed by atoms with Gasteiger partial charge < -0.3 is 10.6 Å². The van der Waals surface area contributed by atoms with Crippen molar-refractivity contribution in [3.8, 4) is 0 Å². The van der Waals surface area contributed by atoms with Gasteiger partial charge in [-0.15, -0.1) is 6.58 Å². The molecule has 0 heterocycles. The minimum Gasteiger partial charge on any atom is -0.352 e. The van der Waals surface area contributed by atoms with Gasteiger partial charge in [0.2, 0.25) is 5.91 Å². The first-order chi connectivity index (χ1) is 6.65. The van der Waals surface area contributed by atoms with E-state index in [2.05, 4.69) is 31.1 Å². The van der Waals surface area contributed by atoms with E-state index in [9.17, 15) is 4.79 Å². The van der Waals surface area contributed by atoms with Crippen molar-refractivity contribution >= 4 is 5.91 Å². The van der Waals surface area contributed by atoms with Crippen molar-refractivity contribution in [2.24, 2.45) is 0 Å². The van der Waals surface area contributed by atoms with Crippen molar-refractivity contribution in [1.29, 1.82) is 0 Å². The standard InChI is InChI=1S/C11H22N2O/c1-5-8-12-9(4)11(14)13-10(6-2)7-3/h5,9-10,12H,1,6-8H2,2-4H3,(H,13,14). The summed E-state index contributed by atoms with van der Waals surface area (Å²) in [6.07, 6.45) is 3.72. The summed E-state index contributed by atoms with van der Waals surface area (Å²) in [5.41, 5.74) is 0. The van der Waals surface area contributed by atoms with Crippen molar-refractivity contribution in [3.05, 3.63) is 12.7 Å². The third kappa shape index (κ3) is 5.02. The molecule has 1 atom stereocenters. The molecule has 0 saturated heterocycles. The zero-order valence-corrected chi connectivity index (χ0v) is 9.47. The Morgan fingerprint density at radius 3 is 2.43 bits per heavy atom. The maximum absolute atomic E-state index is 11.6. The van der Waals surface area contributed by atoms with Crippen LogP contribution in [-0.4, -0.2) is 24.5 Å². The minimum atomic E-state index is -0.145. The number of rotatable bonds is 7. The Balaban J connectivity index is 3.86. The fourth-order valence-electron chi connectivity index (χ4n) is 1.17. The molecule has 2 N–H and O–H groups in total. The molecule has 0 fully saturated rings. The molecule has 0 aliphatic rings. The SMILES string of the molecule is C=CCNC(C)C(=O)NC(CC)CC. The van der Waals surface area contributed by atoms with Gasteiger partial charge in [0.1, 0.15) is 0 Å². The van der Waals surface area contributed by atoms with Gasteiger partial charge in [-0.2, -0.15) is 0 Å². The molecular weight excluding hydrogens is 176 g/mol. The van der Waals surface area contributed by atoms with Crippen LogP contribution in [0.15, 0.2) is 12.7 Å². The number of amides is 1. The molecule has 82 valence electrons. The van der Waals surface area contributed by atoms with Crippen LogP contribution in [0.5, 0.6) is 0 Å². The van der Waals surface area contributed by atoms with E-state index in [1.165, 1.54) is 0 Å². The Hall–Kier alpha value is -0.830. The molecule has 0 aromatic carbocycles. The molecule has 0 radical (unpaired) electrons. The molecular formula is C11H22N2O. The van der Waals surface area contributed by atoms with Gasteiger partial charge in [0, 0.05) is 12.6 Å². The maximum Gasteiger partial charge on any atom is 0.237 e. The second-order valence-electron chi connectivity index (χ2n) is 3.44. The van der Waals surface area contributed by atoms with Crippen molar-refractivity contribution < 1.29 is 4.79 Å². The Morgan fingerprint density at radius 1 is 1.43 bits per heavy atom. The number of carbonyl (C=O) groups excluding carboxylic acids is 1. The molecule has 0 aromatic rings. The Morgan fingerprint density at radius 2 is 2.00 bits per heavy atom. The summed E-state index contributed by atoms with van der Waals surface area (Å²) in [4.78, 5) is 11.6. The molecule has 0 aromatic heterocycles. The molecule has 1 unspecified atom stereocenters. The summed E-state index contributed by atoms with van der Waals surface area (Å²) in [5.74, 6) is 0.0700. The number of hydrogen-bond acceptors (Lipinski definition) is 2. The summed E-state index contributed by atoms with van der Waals surface area (Å²) < 4.78 is 0. The third-order valence-corrected chi connectivity index (χ3v) is 2.29. The molecule has 0 aliphatic heterocycles. The highest BCUT2D eigenvalue weighted by atomic mass is 16.2. The second-order valence-corrected chi connectivity index (χ2v) is 3.44. The predicted octanol–water partition coefficient (Wildman–Crippen LogP) is 1.46. The lowest BCUT2D eigenvalue weighted by Gasteiger charge is -2.18. The molecule has 3 nitrogen and oxygen atoms in total. The lowest BCUT2D eigenvalue weighted by Crippen LogP contribution is -2.46. The largest absolute Gasteiger partial charge is 0.352 e. The van der Waals surface area contributed by atoms with Gasteiger partial charge >= 0.3 is 0 Å². The first-order valence-corrected chi connectivity index (χ1v) is 5.30. The lowest BCUT2D eigenvalue weighted by molar-refractivity contribution is -0.123. The Kier molecular flexibility index (Phi) is 7.11. The summed E-state index contributed by atoms with van der Waals surface area (Å²) in [7, 11) is 0. The highest BCUT2D eigenvalue weighted by Gasteiger charge is 2.14. The highest BCUT2D eigenvalue weighted by Crippen LogP contribution is 1.96. The van der Waals surface area contributed by atoms with Crippen LogP contribution < -0.4 is 10.6 Å².